The van der Waals surface area contributed by atoms with Gasteiger partial charge in [-0.1, -0.05) is 61.0 Å². The smallest absolute Gasteiger partial charge is 0.247 e. The van der Waals surface area contributed by atoms with E-state index in [4.69, 9.17) is 0 Å². The van der Waals surface area contributed by atoms with E-state index in [-0.39, 0.29) is 30.3 Å². The summed E-state index contributed by atoms with van der Waals surface area (Å²) in [7, 11) is 0. The van der Waals surface area contributed by atoms with Gasteiger partial charge in [-0.05, 0) is 42.7 Å². The highest BCUT2D eigenvalue weighted by atomic mass is 16.2. The zero-order chi connectivity index (χ0) is 23.1. The number of aromatic nitrogens is 2. The Morgan fingerprint density at radius 2 is 1.62 bits per heavy atom. The number of anilines is 2. The Hall–Kier alpha value is -3.93. The third kappa shape index (κ3) is 3.46. The Bertz CT molecular complexity index is 1360. The summed E-state index contributed by atoms with van der Waals surface area (Å²) in [5.41, 5.74) is 4.49. The molecule has 2 aliphatic rings. The number of rotatable bonds is 4. The van der Waals surface area contributed by atoms with Gasteiger partial charge in [0.15, 0.2) is 0 Å². The van der Waals surface area contributed by atoms with Gasteiger partial charge < -0.3 is 14.4 Å². The SMILES string of the molecule is O=C1[C@H]2CCC[C@H]2N(C(=O)Cn2cnc3ccccc32)c2ccccc2N1Cc1ccccc1. The maximum absolute atomic E-state index is 13.9. The van der Waals surface area contributed by atoms with Crippen LogP contribution in [0.25, 0.3) is 11.0 Å². The van der Waals surface area contributed by atoms with Crippen molar-refractivity contribution in [3.05, 3.63) is 90.8 Å². The number of hydrogen-bond donors (Lipinski definition) is 0. The molecule has 1 aliphatic heterocycles. The van der Waals surface area contributed by atoms with E-state index < -0.39 is 0 Å². The van der Waals surface area contributed by atoms with Gasteiger partial charge in [0.25, 0.3) is 0 Å². The first-order valence-electron chi connectivity index (χ1n) is 11.9. The molecule has 0 spiro atoms. The van der Waals surface area contributed by atoms with Crippen LogP contribution in [0, 0.1) is 5.92 Å². The third-order valence-electron chi connectivity index (χ3n) is 7.11. The summed E-state index contributed by atoms with van der Waals surface area (Å²) in [4.78, 5) is 36.0. The lowest BCUT2D eigenvalue weighted by molar-refractivity contribution is -0.123. The highest BCUT2D eigenvalue weighted by molar-refractivity contribution is 6.06. The lowest BCUT2D eigenvalue weighted by Crippen LogP contribution is -2.46. The van der Waals surface area contributed by atoms with Crippen LogP contribution in [0.1, 0.15) is 24.8 Å². The summed E-state index contributed by atoms with van der Waals surface area (Å²) in [5.74, 6) is -0.0939. The van der Waals surface area contributed by atoms with E-state index in [1.54, 1.807) is 6.33 Å². The van der Waals surface area contributed by atoms with Crippen LogP contribution in [-0.4, -0.2) is 27.4 Å². The molecule has 0 saturated heterocycles. The van der Waals surface area contributed by atoms with Crippen LogP contribution in [0.3, 0.4) is 0 Å². The topological polar surface area (TPSA) is 58.4 Å². The average Bonchev–Trinajstić information content (AvgIpc) is 3.49. The maximum Gasteiger partial charge on any atom is 0.247 e. The highest BCUT2D eigenvalue weighted by Crippen LogP contribution is 2.43. The van der Waals surface area contributed by atoms with Gasteiger partial charge in [0.05, 0.1) is 41.2 Å². The average molecular weight is 451 g/mol. The molecule has 0 unspecified atom stereocenters. The second-order valence-electron chi connectivity index (χ2n) is 9.13. The van der Waals surface area contributed by atoms with Crippen LogP contribution in [0.4, 0.5) is 11.4 Å². The number of para-hydroxylation sites is 4. The normalized spacial score (nSPS) is 19.7. The lowest BCUT2D eigenvalue weighted by atomic mass is 10.0. The van der Waals surface area contributed by atoms with E-state index in [0.29, 0.717) is 6.54 Å². The standard InChI is InChI=1S/C28H26N4O2/c33-27(18-30-19-29-22-12-4-5-13-24(22)30)32-23-16-8-11-21(23)28(34)31(17-20-9-2-1-3-10-20)25-14-6-7-15-26(25)32/h1-7,9-10,12-15,19,21,23H,8,11,16-18H2/t21-,23+/m0/s1. The minimum absolute atomic E-state index is 0.0122. The van der Waals surface area contributed by atoms with Crippen molar-refractivity contribution >= 4 is 34.2 Å². The first-order valence-corrected chi connectivity index (χ1v) is 11.9. The van der Waals surface area contributed by atoms with Gasteiger partial charge in [-0.25, -0.2) is 4.98 Å². The monoisotopic (exact) mass is 450 g/mol. The van der Waals surface area contributed by atoms with Crippen LogP contribution in [0.5, 0.6) is 0 Å². The molecule has 0 bridgehead atoms. The van der Waals surface area contributed by atoms with Gasteiger partial charge in [0.2, 0.25) is 11.8 Å². The number of fused-ring (bicyclic) bond motifs is 3. The van der Waals surface area contributed by atoms with Gasteiger partial charge in [0.1, 0.15) is 6.54 Å². The molecule has 1 saturated carbocycles. The number of imidazole rings is 1. The molecule has 4 aromatic rings. The van der Waals surface area contributed by atoms with Crippen LogP contribution in [0.15, 0.2) is 85.2 Å². The predicted molar refractivity (Wildman–Crippen MR) is 132 cm³/mol. The van der Waals surface area contributed by atoms with Crippen LogP contribution >= 0.6 is 0 Å². The molecule has 0 radical (unpaired) electrons. The van der Waals surface area contributed by atoms with Crippen LogP contribution in [0.2, 0.25) is 0 Å². The summed E-state index contributed by atoms with van der Waals surface area (Å²) >= 11 is 0. The van der Waals surface area contributed by atoms with Crippen molar-refractivity contribution in [2.24, 2.45) is 5.92 Å². The van der Waals surface area contributed by atoms with Gasteiger partial charge >= 0.3 is 0 Å². The molecule has 2 atom stereocenters. The van der Waals surface area contributed by atoms with Gasteiger partial charge in [-0.15, -0.1) is 0 Å². The Morgan fingerprint density at radius 1 is 0.882 bits per heavy atom. The molecular formula is C28H26N4O2. The van der Waals surface area contributed by atoms with Gasteiger partial charge in [-0.3, -0.25) is 9.59 Å². The Kier molecular flexibility index (Phi) is 5.13. The number of carbonyl (C=O) groups excluding carboxylic acids is 2. The zero-order valence-electron chi connectivity index (χ0n) is 18.9. The predicted octanol–water partition coefficient (Wildman–Crippen LogP) is 4.79. The van der Waals surface area contributed by atoms with Crippen molar-refractivity contribution in [2.75, 3.05) is 9.80 Å². The molecule has 34 heavy (non-hydrogen) atoms. The van der Waals surface area contributed by atoms with Crippen molar-refractivity contribution < 1.29 is 9.59 Å². The maximum atomic E-state index is 13.9. The number of amides is 2. The van der Waals surface area contributed by atoms with Gasteiger partial charge in [0, 0.05) is 6.04 Å². The van der Waals surface area contributed by atoms with E-state index in [1.165, 1.54) is 0 Å². The van der Waals surface area contributed by atoms with Gasteiger partial charge in [-0.2, -0.15) is 0 Å². The molecule has 2 heterocycles. The van der Waals surface area contributed by atoms with E-state index >= 15 is 0 Å². The fourth-order valence-electron chi connectivity index (χ4n) is 5.54. The quantitative estimate of drug-likeness (QED) is 0.449. The largest absolute Gasteiger partial charge is 0.321 e. The number of carbonyl (C=O) groups is 2. The fraction of sp³-hybridized carbons (Fsp3) is 0.250. The van der Waals surface area contributed by atoms with E-state index in [2.05, 4.69) is 4.98 Å². The lowest BCUT2D eigenvalue weighted by Gasteiger charge is -2.30. The summed E-state index contributed by atoms with van der Waals surface area (Å²) in [6.45, 7) is 0.680. The highest BCUT2D eigenvalue weighted by Gasteiger charge is 2.45. The van der Waals surface area contributed by atoms with Crippen molar-refractivity contribution in [2.45, 2.75) is 38.4 Å². The molecule has 1 aromatic heterocycles. The molecule has 1 fully saturated rings. The minimum Gasteiger partial charge on any atom is -0.321 e. The van der Waals surface area contributed by atoms with E-state index in [0.717, 1.165) is 47.2 Å². The molecule has 6 nitrogen and oxygen atoms in total. The molecule has 6 heteroatoms. The summed E-state index contributed by atoms with van der Waals surface area (Å²) in [5, 5.41) is 0. The van der Waals surface area contributed by atoms with Crippen molar-refractivity contribution in [1.82, 2.24) is 9.55 Å². The second kappa shape index (κ2) is 8.45. The molecule has 2 amide bonds. The van der Waals surface area contributed by atoms with Crippen molar-refractivity contribution in [3.63, 3.8) is 0 Å². The molecule has 170 valence electrons. The third-order valence-corrected chi connectivity index (χ3v) is 7.11. The van der Waals surface area contributed by atoms with Crippen LogP contribution in [-0.2, 0) is 22.7 Å². The summed E-state index contributed by atoms with van der Waals surface area (Å²) < 4.78 is 1.90. The Balaban J connectivity index is 1.41. The van der Waals surface area contributed by atoms with Crippen molar-refractivity contribution in [3.8, 4) is 0 Å². The molecular weight excluding hydrogens is 424 g/mol. The molecule has 0 N–H and O–H groups in total. The van der Waals surface area contributed by atoms with E-state index in [9.17, 15) is 9.59 Å². The number of nitrogens with zero attached hydrogens (tertiary/aromatic N) is 4. The number of benzene rings is 3. The molecule has 3 aromatic carbocycles. The molecule has 1 aliphatic carbocycles. The number of hydrogen-bond acceptors (Lipinski definition) is 3. The zero-order valence-corrected chi connectivity index (χ0v) is 18.9. The Morgan fingerprint density at radius 3 is 2.47 bits per heavy atom. The summed E-state index contributed by atoms with van der Waals surface area (Å²) in [6, 6.07) is 25.6. The second-order valence-corrected chi connectivity index (χ2v) is 9.13. The summed E-state index contributed by atoms with van der Waals surface area (Å²) in [6.07, 6.45) is 4.31. The first-order chi connectivity index (χ1) is 16.7. The first kappa shape index (κ1) is 20.7. The van der Waals surface area contributed by atoms with Crippen LogP contribution < -0.4 is 9.80 Å². The van der Waals surface area contributed by atoms with E-state index in [1.807, 2.05) is 93.2 Å². The molecule has 6 rings (SSSR count). The Labute approximate surface area is 198 Å². The minimum atomic E-state index is -0.195. The van der Waals surface area contributed by atoms with Crippen molar-refractivity contribution in [1.29, 1.82) is 0 Å². The fourth-order valence-corrected chi connectivity index (χ4v) is 5.54.